The summed E-state index contributed by atoms with van der Waals surface area (Å²) in [7, 11) is 3.91. The highest BCUT2D eigenvalue weighted by atomic mass is 16.5. The number of carbonyl (C=O) groups excluding carboxylic acids is 1. The average molecular weight is 315 g/mol. The van der Waals surface area contributed by atoms with Crippen LogP contribution < -0.4 is 9.64 Å². The summed E-state index contributed by atoms with van der Waals surface area (Å²) >= 11 is 0. The second kappa shape index (κ2) is 7.02. The standard InChI is InChI=1S/C18H25N3O2/c1-20(2)17-16(9-6-11-19-17)23-15-10-12-21(13-15)18(22)14-7-4-3-5-8-14/h3-4,6,9,11,14-15H,5,7-8,10,12-13H2,1-2H3/t14-,15-/m1/s1. The van der Waals surface area contributed by atoms with Crippen molar-refractivity contribution < 1.29 is 9.53 Å². The number of amides is 1. The van der Waals surface area contributed by atoms with Crippen LogP contribution in [0, 0.1) is 5.92 Å². The number of allylic oxidation sites excluding steroid dienone is 2. The van der Waals surface area contributed by atoms with Crippen LogP contribution in [0.2, 0.25) is 0 Å². The number of pyridine rings is 1. The van der Waals surface area contributed by atoms with E-state index >= 15 is 0 Å². The first-order valence-corrected chi connectivity index (χ1v) is 8.38. The fraction of sp³-hybridized carbons (Fsp3) is 0.556. The van der Waals surface area contributed by atoms with E-state index in [4.69, 9.17) is 4.74 Å². The molecule has 2 heterocycles. The molecule has 0 unspecified atom stereocenters. The van der Waals surface area contributed by atoms with Crippen LogP contribution in [0.3, 0.4) is 0 Å². The van der Waals surface area contributed by atoms with E-state index in [1.165, 1.54) is 0 Å². The summed E-state index contributed by atoms with van der Waals surface area (Å²) in [5.41, 5.74) is 0. The number of anilines is 1. The Morgan fingerprint density at radius 2 is 2.22 bits per heavy atom. The van der Waals surface area contributed by atoms with Gasteiger partial charge in [-0.15, -0.1) is 0 Å². The van der Waals surface area contributed by atoms with E-state index in [0.29, 0.717) is 12.5 Å². The van der Waals surface area contributed by atoms with Crippen molar-refractivity contribution in [1.82, 2.24) is 9.88 Å². The molecule has 1 aliphatic heterocycles. The summed E-state index contributed by atoms with van der Waals surface area (Å²) in [6.45, 7) is 1.47. The van der Waals surface area contributed by atoms with Crippen LogP contribution in [0.15, 0.2) is 30.5 Å². The smallest absolute Gasteiger partial charge is 0.226 e. The van der Waals surface area contributed by atoms with Crippen LogP contribution in [-0.2, 0) is 4.79 Å². The van der Waals surface area contributed by atoms with Gasteiger partial charge in [-0.05, 0) is 31.4 Å². The average Bonchev–Trinajstić information content (AvgIpc) is 3.04. The fourth-order valence-corrected chi connectivity index (χ4v) is 3.29. The number of ether oxygens (including phenoxy) is 1. The number of carbonyl (C=O) groups is 1. The van der Waals surface area contributed by atoms with Crippen molar-refractivity contribution in [2.45, 2.75) is 31.8 Å². The molecule has 0 bridgehead atoms. The van der Waals surface area contributed by atoms with Crippen molar-refractivity contribution in [3.8, 4) is 5.75 Å². The highest BCUT2D eigenvalue weighted by Crippen LogP contribution is 2.28. The van der Waals surface area contributed by atoms with Crippen molar-refractivity contribution in [1.29, 1.82) is 0 Å². The third kappa shape index (κ3) is 3.66. The zero-order valence-electron chi connectivity index (χ0n) is 13.9. The molecule has 1 aromatic rings. The summed E-state index contributed by atoms with van der Waals surface area (Å²) in [6.07, 6.45) is 9.89. The molecule has 0 aromatic carbocycles. The summed E-state index contributed by atoms with van der Waals surface area (Å²) < 4.78 is 6.12. The number of likely N-dealkylation sites (tertiary alicyclic amines) is 1. The Hall–Kier alpha value is -2.04. The van der Waals surface area contributed by atoms with Crippen LogP contribution in [0.4, 0.5) is 5.82 Å². The lowest BCUT2D eigenvalue weighted by Crippen LogP contribution is -2.36. The molecule has 5 heteroatoms. The molecule has 3 rings (SSSR count). The topological polar surface area (TPSA) is 45.7 Å². The van der Waals surface area contributed by atoms with Crippen LogP contribution >= 0.6 is 0 Å². The Morgan fingerprint density at radius 1 is 1.35 bits per heavy atom. The van der Waals surface area contributed by atoms with Gasteiger partial charge in [-0.2, -0.15) is 0 Å². The number of nitrogens with zero attached hydrogens (tertiary/aromatic N) is 3. The lowest BCUT2D eigenvalue weighted by atomic mass is 9.93. The van der Waals surface area contributed by atoms with Crippen molar-refractivity contribution in [3.63, 3.8) is 0 Å². The highest BCUT2D eigenvalue weighted by Gasteiger charge is 2.32. The number of hydrogen-bond donors (Lipinski definition) is 0. The summed E-state index contributed by atoms with van der Waals surface area (Å²) in [5.74, 6) is 2.07. The first-order chi connectivity index (χ1) is 11.1. The molecule has 1 amide bonds. The van der Waals surface area contributed by atoms with Gasteiger partial charge >= 0.3 is 0 Å². The Labute approximate surface area is 137 Å². The molecule has 0 radical (unpaired) electrons. The van der Waals surface area contributed by atoms with Gasteiger partial charge in [-0.3, -0.25) is 4.79 Å². The van der Waals surface area contributed by atoms with E-state index in [2.05, 4.69) is 17.1 Å². The summed E-state index contributed by atoms with van der Waals surface area (Å²) in [5, 5.41) is 0. The van der Waals surface area contributed by atoms with Gasteiger partial charge in [0.2, 0.25) is 5.91 Å². The van der Waals surface area contributed by atoms with Gasteiger partial charge in [0.1, 0.15) is 6.10 Å². The van der Waals surface area contributed by atoms with E-state index in [1.54, 1.807) is 6.20 Å². The molecule has 0 spiro atoms. The van der Waals surface area contributed by atoms with E-state index in [9.17, 15) is 4.79 Å². The Kier molecular flexibility index (Phi) is 4.84. The molecule has 1 aliphatic carbocycles. The normalized spacial score (nSPS) is 23.8. The maximum absolute atomic E-state index is 12.6. The minimum absolute atomic E-state index is 0.0565. The molecule has 124 valence electrons. The molecule has 1 saturated heterocycles. The monoisotopic (exact) mass is 315 g/mol. The predicted molar refractivity (Wildman–Crippen MR) is 90.7 cm³/mol. The van der Waals surface area contributed by atoms with Gasteiger partial charge in [-0.25, -0.2) is 4.98 Å². The Balaban J connectivity index is 1.60. The molecule has 2 aliphatic rings. The predicted octanol–water partition coefficient (Wildman–Crippen LogP) is 2.48. The molecule has 0 N–H and O–H groups in total. The van der Waals surface area contributed by atoms with Gasteiger partial charge in [0.05, 0.1) is 6.54 Å². The molecule has 23 heavy (non-hydrogen) atoms. The molecule has 2 atom stereocenters. The lowest BCUT2D eigenvalue weighted by molar-refractivity contribution is -0.135. The Morgan fingerprint density at radius 3 is 2.96 bits per heavy atom. The summed E-state index contributed by atoms with van der Waals surface area (Å²) in [6, 6.07) is 3.83. The first kappa shape index (κ1) is 15.8. The minimum Gasteiger partial charge on any atom is -0.485 e. The van der Waals surface area contributed by atoms with Crippen LogP contribution in [0.5, 0.6) is 5.75 Å². The second-order valence-corrected chi connectivity index (χ2v) is 6.51. The summed E-state index contributed by atoms with van der Waals surface area (Å²) in [4.78, 5) is 20.9. The third-order valence-electron chi connectivity index (χ3n) is 4.54. The highest BCUT2D eigenvalue weighted by molar-refractivity contribution is 5.79. The largest absolute Gasteiger partial charge is 0.485 e. The zero-order chi connectivity index (χ0) is 16.2. The molecular weight excluding hydrogens is 290 g/mol. The van der Waals surface area contributed by atoms with Crippen LogP contribution in [-0.4, -0.2) is 49.1 Å². The maximum atomic E-state index is 12.6. The quantitative estimate of drug-likeness (QED) is 0.801. The van der Waals surface area contributed by atoms with Crippen molar-refractivity contribution in [2.75, 3.05) is 32.1 Å². The van der Waals surface area contributed by atoms with E-state index in [1.807, 2.05) is 36.0 Å². The van der Waals surface area contributed by atoms with Crippen molar-refractivity contribution >= 4 is 11.7 Å². The SMILES string of the molecule is CN(C)c1ncccc1O[C@@H]1CCN(C(=O)[C@@H]2CC=CCC2)C1. The second-order valence-electron chi connectivity index (χ2n) is 6.51. The number of hydrogen-bond acceptors (Lipinski definition) is 4. The van der Waals surface area contributed by atoms with Gasteiger partial charge in [0, 0.05) is 39.2 Å². The van der Waals surface area contributed by atoms with Gasteiger partial charge in [-0.1, -0.05) is 12.2 Å². The van der Waals surface area contributed by atoms with Gasteiger partial charge in [0.15, 0.2) is 11.6 Å². The van der Waals surface area contributed by atoms with Gasteiger partial charge < -0.3 is 14.5 Å². The molecule has 1 fully saturated rings. The molecule has 0 saturated carbocycles. The maximum Gasteiger partial charge on any atom is 0.226 e. The van der Waals surface area contributed by atoms with E-state index < -0.39 is 0 Å². The number of rotatable bonds is 4. The van der Waals surface area contributed by atoms with Crippen molar-refractivity contribution in [2.24, 2.45) is 5.92 Å². The number of aromatic nitrogens is 1. The zero-order valence-corrected chi connectivity index (χ0v) is 13.9. The van der Waals surface area contributed by atoms with Gasteiger partial charge in [0.25, 0.3) is 0 Å². The fourth-order valence-electron chi connectivity index (χ4n) is 3.29. The van der Waals surface area contributed by atoms with E-state index in [0.717, 1.165) is 43.8 Å². The lowest BCUT2D eigenvalue weighted by Gasteiger charge is -2.24. The first-order valence-electron chi connectivity index (χ1n) is 8.38. The van der Waals surface area contributed by atoms with E-state index in [-0.39, 0.29) is 12.0 Å². The van der Waals surface area contributed by atoms with Crippen LogP contribution in [0.1, 0.15) is 25.7 Å². The van der Waals surface area contributed by atoms with Crippen molar-refractivity contribution in [3.05, 3.63) is 30.5 Å². The Bertz CT molecular complexity index is 585. The molecular formula is C18H25N3O2. The minimum atomic E-state index is 0.0565. The van der Waals surface area contributed by atoms with Crippen LogP contribution in [0.25, 0.3) is 0 Å². The molecule has 1 aromatic heterocycles. The molecule has 5 nitrogen and oxygen atoms in total. The third-order valence-corrected chi connectivity index (χ3v) is 4.54.